The molecule has 1 aliphatic rings. The molecule has 8 nitrogen and oxygen atoms in total. The van der Waals surface area contributed by atoms with Crippen molar-refractivity contribution in [2.45, 2.75) is 83.6 Å². The minimum absolute atomic E-state index is 0.00536. The number of amides is 1. The van der Waals surface area contributed by atoms with E-state index in [1.165, 1.54) is 0 Å². The molecule has 0 aromatic heterocycles. The lowest BCUT2D eigenvalue weighted by molar-refractivity contribution is -0.150. The van der Waals surface area contributed by atoms with Gasteiger partial charge in [0, 0.05) is 6.42 Å². The Kier molecular flexibility index (Phi) is 9.15. The zero-order valence-corrected chi connectivity index (χ0v) is 18.8. The molecule has 0 radical (unpaired) electrons. The van der Waals surface area contributed by atoms with Crippen molar-refractivity contribution in [3.05, 3.63) is 29.8 Å². The third-order valence-corrected chi connectivity index (χ3v) is 4.75. The summed E-state index contributed by atoms with van der Waals surface area (Å²) in [6.07, 6.45) is 3.11. The molecule has 0 unspecified atom stereocenters. The summed E-state index contributed by atoms with van der Waals surface area (Å²) in [5.74, 6) is -0.332. The van der Waals surface area contributed by atoms with Crippen LogP contribution in [-0.4, -0.2) is 42.9 Å². The molecule has 1 N–H and O–H groups in total. The first-order valence-electron chi connectivity index (χ1n) is 10.6. The van der Waals surface area contributed by atoms with Gasteiger partial charge in [0.25, 0.3) is 0 Å². The maximum Gasteiger partial charge on any atom is 0.408 e. The second-order valence-electron chi connectivity index (χ2n) is 8.59. The number of ether oxygens (including phenoxy) is 4. The first kappa shape index (κ1) is 24.5. The largest absolute Gasteiger partial charge is 0.497 e. The molecule has 1 aromatic rings. The van der Waals surface area contributed by atoms with E-state index in [-0.39, 0.29) is 31.5 Å². The highest BCUT2D eigenvalue weighted by Crippen LogP contribution is 2.21. The van der Waals surface area contributed by atoms with Gasteiger partial charge >= 0.3 is 18.0 Å². The average molecular weight is 436 g/mol. The van der Waals surface area contributed by atoms with E-state index < -0.39 is 23.7 Å². The van der Waals surface area contributed by atoms with Crippen LogP contribution in [0.4, 0.5) is 4.79 Å². The van der Waals surface area contributed by atoms with Crippen molar-refractivity contribution in [1.82, 2.24) is 5.32 Å². The highest BCUT2D eigenvalue weighted by Gasteiger charge is 2.27. The molecule has 1 fully saturated rings. The monoisotopic (exact) mass is 435 g/mol. The molecule has 1 saturated carbocycles. The van der Waals surface area contributed by atoms with Gasteiger partial charge in [0.1, 0.15) is 30.1 Å². The molecule has 2 rings (SSSR count). The third-order valence-electron chi connectivity index (χ3n) is 4.75. The predicted molar refractivity (Wildman–Crippen MR) is 114 cm³/mol. The Morgan fingerprint density at radius 1 is 1.10 bits per heavy atom. The molecule has 1 amide bonds. The summed E-state index contributed by atoms with van der Waals surface area (Å²) in [5.41, 5.74) is 0.0501. The van der Waals surface area contributed by atoms with E-state index in [1.54, 1.807) is 52.1 Å². The SMILES string of the molecule is COc1ccc(COC(=O)[C@H](CCC(=O)OC2CCCC2)NC(=O)OC(C)(C)C)cc1. The molecule has 31 heavy (non-hydrogen) atoms. The van der Waals surface area contributed by atoms with E-state index in [9.17, 15) is 14.4 Å². The number of nitrogens with one attached hydrogen (secondary N) is 1. The maximum absolute atomic E-state index is 12.6. The van der Waals surface area contributed by atoms with Crippen LogP contribution in [0.5, 0.6) is 5.75 Å². The highest BCUT2D eigenvalue weighted by atomic mass is 16.6. The van der Waals surface area contributed by atoms with Gasteiger partial charge in [-0.05, 0) is 70.6 Å². The fraction of sp³-hybridized carbons (Fsp3) is 0.609. The Labute approximate surface area is 183 Å². The van der Waals surface area contributed by atoms with Crippen LogP contribution < -0.4 is 10.1 Å². The van der Waals surface area contributed by atoms with E-state index in [1.807, 2.05) is 0 Å². The molecule has 1 aromatic carbocycles. The number of benzene rings is 1. The molecule has 0 aliphatic heterocycles. The van der Waals surface area contributed by atoms with Crippen LogP contribution in [0.1, 0.15) is 64.9 Å². The summed E-state index contributed by atoms with van der Waals surface area (Å²) in [6, 6.07) is 6.06. The lowest BCUT2D eigenvalue weighted by Crippen LogP contribution is -2.44. The van der Waals surface area contributed by atoms with E-state index in [2.05, 4.69) is 5.32 Å². The summed E-state index contributed by atoms with van der Waals surface area (Å²) in [6.45, 7) is 5.20. The summed E-state index contributed by atoms with van der Waals surface area (Å²) in [7, 11) is 1.57. The molecule has 1 aliphatic carbocycles. The van der Waals surface area contributed by atoms with Crippen molar-refractivity contribution in [3.63, 3.8) is 0 Å². The summed E-state index contributed by atoms with van der Waals surface area (Å²) in [5, 5.41) is 2.51. The van der Waals surface area contributed by atoms with Crippen LogP contribution in [0.25, 0.3) is 0 Å². The van der Waals surface area contributed by atoms with Gasteiger partial charge in [-0.25, -0.2) is 9.59 Å². The van der Waals surface area contributed by atoms with Crippen molar-refractivity contribution in [3.8, 4) is 5.75 Å². The zero-order chi connectivity index (χ0) is 22.9. The minimum Gasteiger partial charge on any atom is -0.497 e. The summed E-state index contributed by atoms with van der Waals surface area (Å²) >= 11 is 0. The number of rotatable bonds is 9. The average Bonchev–Trinajstić information content (AvgIpc) is 3.21. The van der Waals surface area contributed by atoms with Crippen molar-refractivity contribution >= 4 is 18.0 Å². The maximum atomic E-state index is 12.6. The second kappa shape index (κ2) is 11.6. The topological polar surface area (TPSA) is 100 Å². The highest BCUT2D eigenvalue weighted by molar-refractivity contribution is 5.82. The molecule has 0 spiro atoms. The van der Waals surface area contributed by atoms with E-state index in [4.69, 9.17) is 18.9 Å². The Balaban J connectivity index is 1.92. The number of hydrogen-bond donors (Lipinski definition) is 1. The van der Waals surface area contributed by atoms with Crippen molar-refractivity contribution in [2.75, 3.05) is 7.11 Å². The van der Waals surface area contributed by atoms with Crippen molar-refractivity contribution < 1.29 is 33.3 Å². The van der Waals surface area contributed by atoms with Gasteiger partial charge in [0.2, 0.25) is 0 Å². The fourth-order valence-electron chi connectivity index (χ4n) is 3.19. The number of alkyl carbamates (subject to hydrolysis) is 1. The second-order valence-corrected chi connectivity index (χ2v) is 8.59. The molecule has 8 heteroatoms. The Morgan fingerprint density at radius 3 is 2.32 bits per heavy atom. The predicted octanol–water partition coefficient (Wildman–Crippen LogP) is 3.90. The summed E-state index contributed by atoms with van der Waals surface area (Å²) in [4.78, 5) is 36.9. The first-order chi connectivity index (χ1) is 14.7. The Hall–Kier alpha value is -2.77. The Bertz CT molecular complexity index is 733. The first-order valence-corrected chi connectivity index (χ1v) is 10.6. The van der Waals surface area contributed by atoms with Crippen LogP contribution in [0.3, 0.4) is 0 Å². The molecule has 172 valence electrons. The Morgan fingerprint density at radius 2 is 1.74 bits per heavy atom. The third kappa shape index (κ3) is 9.27. The van der Waals surface area contributed by atoms with E-state index in [0.29, 0.717) is 5.75 Å². The van der Waals surface area contributed by atoms with Gasteiger partial charge in [-0.2, -0.15) is 0 Å². The van der Waals surface area contributed by atoms with Crippen LogP contribution >= 0.6 is 0 Å². The number of carbonyl (C=O) groups excluding carboxylic acids is 3. The molecule has 0 heterocycles. The number of esters is 2. The molecule has 0 bridgehead atoms. The van der Waals surface area contributed by atoms with E-state index in [0.717, 1.165) is 31.2 Å². The van der Waals surface area contributed by atoms with Gasteiger partial charge in [-0.1, -0.05) is 12.1 Å². The van der Waals surface area contributed by atoms with Gasteiger partial charge in [0.05, 0.1) is 7.11 Å². The van der Waals surface area contributed by atoms with Gasteiger partial charge in [0.15, 0.2) is 0 Å². The van der Waals surface area contributed by atoms with Crippen molar-refractivity contribution in [2.24, 2.45) is 0 Å². The van der Waals surface area contributed by atoms with Gasteiger partial charge in [-0.3, -0.25) is 4.79 Å². The summed E-state index contributed by atoms with van der Waals surface area (Å²) < 4.78 is 21.1. The van der Waals surface area contributed by atoms with Crippen molar-refractivity contribution in [1.29, 1.82) is 0 Å². The quantitative estimate of drug-likeness (QED) is 0.464. The molecule has 0 saturated heterocycles. The van der Waals surface area contributed by atoms with Crippen LogP contribution in [0, 0.1) is 0 Å². The van der Waals surface area contributed by atoms with Gasteiger partial charge in [-0.15, -0.1) is 0 Å². The van der Waals surface area contributed by atoms with Gasteiger partial charge < -0.3 is 24.3 Å². The van der Waals surface area contributed by atoms with E-state index >= 15 is 0 Å². The fourth-order valence-corrected chi connectivity index (χ4v) is 3.19. The smallest absolute Gasteiger partial charge is 0.408 e. The number of carbonyl (C=O) groups is 3. The molecular weight excluding hydrogens is 402 g/mol. The van der Waals surface area contributed by atoms with Crippen LogP contribution in [0.2, 0.25) is 0 Å². The molecule has 1 atom stereocenters. The van der Waals surface area contributed by atoms with Crippen LogP contribution in [-0.2, 0) is 30.4 Å². The van der Waals surface area contributed by atoms with Crippen LogP contribution in [0.15, 0.2) is 24.3 Å². The zero-order valence-electron chi connectivity index (χ0n) is 18.8. The minimum atomic E-state index is -1.02. The lowest BCUT2D eigenvalue weighted by Gasteiger charge is -2.23. The normalized spacial score (nSPS) is 15.1. The molecular formula is C23H33NO7. The standard InChI is InChI=1S/C23H33NO7/c1-23(2,3)31-22(27)24-19(13-14-20(25)30-18-7-5-6-8-18)21(26)29-15-16-9-11-17(28-4)12-10-16/h9-12,18-19H,5-8,13-15H2,1-4H3,(H,24,27)/t19-/m0/s1. The lowest BCUT2D eigenvalue weighted by atomic mass is 10.1. The number of hydrogen-bond acceptors (Lipinski definition) is 7. The number of methoxy groups -OCH3 is 1.